The molecule has 0 aliphatic carbocycles. The predicted octanol–water partition coefficient (Wildman–Crippen LogP) is -0.342. The Balaban J connectivity index is 2.25. The van der Waals surface area contributed by atoms with E-state index in [2.05, 4.69) is 4.98 Å². The minimum absolute atomic E-state index is 0.0588. The highest BCUT2D eigenvalue weighted by Gasteiger charge is 2.32. The Labute approximate surface area is 94.6 Å². The summed E-state index contributed by atoms with van der Waals surface area (Å²) >= 11 is 0. The van der Waals surface area contributed by atoms with Gasteiger partial charge in [0, 0.05) is 25.8 Å². The van der Waals surface area contributed by atoms with E-state index in [1.807, 2.05) is 6.92 Å². The molecule has 90 valence electrons. The second-order valence-electron chi connectivity index (χ2n) is 3.85. The van der Waals surface area contributed by atoms with E-state index in [-0.39, 0.29) is 11.6 Å². The van der Waals surface area contributed by atoms with Gasteiger partial charge in [-0.3, -0.25) is 0 Å². The zero-order chi connectivity index (χ0) is 11.8. The molecule has 0 saturated carbocycles. The predicted molar refractivity (Wildman–Crippen MR) is 57.3 cm³/mol. The minimum atomic E-state index is -3.52. The summed E-state index contributed by atoms with van der Waals surface area (Å²) in [5.41, 5.74) is 0. The topological polar surface area (TPSA) is 75.4 Å². The quantitative estimate of drug-likeness (QED) is 0.790. The molecule has 0 aromatic carbocycles. The molecule has 1 atom stereocenters. The van der Waals surface area contributed by atoms with Gasteiger partial charge in [0.2, 0.25) is 0 Å². The van der Waals surface area contributed by atoms with Crippen molar-refractivity contribution in [1.82, 2.24) is 13.9 Å². The van der Waals surface area contributed by atoms with Crippen LogP contribution in [0.15, 0.2) is 17.6 Å². The van der Waals surface area contributed by atoms with Gasteiger partial charge in [-0.15, -0.1) is 0 Å². The van der Waals surface area contributed by atoms with Gasteiger partial charge in [0.1, 0.15) is 0 Å². The maximum absolute atomic E-state index is 12.0. The van der Waals surface area contributed by atoms with Gasteiger partial charge in [0.25, 0.3) is 10.0 Å². The lowest BCUT2D eigenvalue weighted by Gasteiger charge is -2.13. The smallest absolute Gasteiger partial charge is 0.262 e. The lowest BCUT2D eigenvalue weighted by molar-refractivity contribution is 0.189. The Bertz CT molecular complexity index is 468. The molecule has 1 N–H and O–H groups in total. The van der Waals surface area contributed by atoms with Gasteiger partial charge in [0.05, 0.1) is 12.4 Å². The van der Waals surface area contributed by atoms with Crippen molar-refractivity contribution in [1.29, 1.82) is 0 Å². The first kappa shape index (κ1) is 11.6. The van der Waals surface area contributed by atoms with Crippen molar-refractivity contribution >= 4 is 10.0 Å². The average molecular weight is 245 g/mol. The molecule has 0 radical (unpaired) electrons. The first-order valence-electron chi connectivity index (χ1n) is 5.24. The molecule has 1 saturated heterocycles. The molecule has 16 heavy (non-hydrogen) atoms. The van der Waals surface area contributed by atoms with Crippen LogP contribution in [-0.2, 0) is 16.6 Å². The lowest BCUT2D eigenvalue weighted by atomic mass is 10.3. The van der Waals surface area contributed by atoms with Gasteiger partial charge < -0.3 is 9.67 Å². The molecule has 1 aromatic heterocycles. The van der Waals surface area contributed by atoms with Gasteiger partial charge in [-0.25, -0.2) is 13.4 Å². The van der Waals surface area contributed by atoms with Gasteiger partial charge in [-0.2, -0.15) is 4.31 Å². The van der Waals surface area contributed by atoms with Crippen LogP contribution in [0.2, 0.25) is 0 Å². The largest absolute Gasteiger partial charge is 0.392 e. The lowest BCUT2D eigenvalue weighted by Crippen LogP contribution is -2.29. The zero-order valence-electron chi connectivity index (χ0n) is 9.07. The summed E-state index contributed by atoms with van der Waals surface area (Å²) in [4.78, 5) is 3.88. The van der Waals surface area contributed by atoms with E-state index >= 15 is 0 Å². The van der Waals surface area contributed by atoms with Crippen LogP contribution in [0, 0.1) is 0 Å². The molecule has 2 rings (SSSR count). The number of sulfonamides is 1. The third-order valence-electron chi connectivity index (χ3n) is 2.71. The zero-order valence-corrected chi connectivity index (χ0v) is 9.89. The fourth-order valence-electron chi connectivity index (χ4n) is 1.71. The fourth-order valence-corrected chi connectivity index (χ4v) is 3.13. The van der Waals surface area contributed by atoms with Gasteiger partial charge >= 0.3 is 0 Å². The number of aryl methyl sites for hydroxylation is 1. The number of hydrogen-bond acceptors (Lipinski definition) is 4. The maximum atomic E-state index is 12.0. The van der Waals surface area contributed by atoms with Crippen molar-refractivity contribution in [2.24, 2.45) is 0 Å². The fraction of sp³-hybridized carbons (Fsp3) is 0.667. The average Bonchev–Trinajstić information content (AvgIpc) is 2.85. The molecule has 1 aliphatic heterocycles. The van der Waals surface area contributed by atoms with Crippen LogP contribution in [0.25, 0.3) is 0 Å². The molecule has 0 bridgehead atoms. The third-order valence-corrected chi connectivity index (χ3v) is 4.46. The number of hydrogen-bond donors (Lipinski definition) is 1. The van der Waals surface area contributed by atoms with Crippen LogP contribution in [-0.4, -0.2) is 46.6 Å². The summed E-state index contributed by atoms with van der Waals surface area (Å²) in [7, 11) is -3.52. The molecule has 1 fully saturated rings. The second kappa shape index (κ2) is 4.15. The van der Waals surface area contributed by atoms with E-state index in [0.29, 0.717) is 19.5 Å². The van der Waals surface area contributed by atoms with E-state index in [9.17, 15) is 13.5 Å². The van der Waals surface area contributed by atoms with Crippen molar-refractivity contribution in [2.45, 2.75) is 31.0 Å². The Morgan fingerprint density at radius 1 is 1.62 bits per heavy atom. The highest BCUT2D eigenvalue weighted by Crippen LogP contribution is 2.19. The summed E-state index contributed by atoms with van der Waals surface area (Å²) in [6.45, 7) is 3.13. The van der Waals surface area contributed by atoms with Crippen molar-refractivity contribution < 1.29 is 13.5 Å². The van der Waals surface area contributed by atoms with Crippen molar-refractivity contribution in [3.8, 4) is 0 Å². The van der Waals surface area contributed by atoms with Crippen molar-refractivity contribution in [3.05, 3.63) is 12.5 Å². The molecule has 1 aliphatic rings. The van der Waals surface area contributed by atoms with E-state index < -0.39 is 16.1 Å². The molecular weight excluding hydrogens is 230 g/mol. The number of rotatable bonds is 3. The molecule has 1 aromatic rings. The SMILES string of the molecule is CCn1cnc(S(=O)(=O)N2CC[C@H](O)C2)c1. The molecule has 7 heteroatoms. The van der Waals surface area contributed by atoms with E-state index in [1.54, 1.807) is 4.57 Å². The van der Waals surface area contributed by atoms with Crippen LogP contribution in [0.4, 0.5) is 0 Å². The normalized spacial score (nSPS) is 22.8. The van der Waals surface area contributed by atoms with Gasteiger partial charge in [-0.1, -0.05) is 0 Å². The molecule has 6 nitrogen and oxygen atoms in total. The summed E-state index contributed by atoms with van der Waals surface area (Å²) in [6, 6.07) is 0. The van der Waals surface area contributed by atoms with Crippen LogP contribution in [0.3, 0.4) is 0 Å². The second-order valence-corrected chi connectivity index (χ2v) is 5.73. The number of aliphatic hydroxyl groups is 1. The number of nitrogens with zero attached hydrogens (tertiary/aromatic N) is 3. The van der Waals surface area contributed by atoms with E-state index in [1.165, 1.54) is 16.8 Å². The summed E-state index contributed by atoms with van der Waals surface area (Å²) < 4.78 is 27.1. The molecule has 0 unspecified atom stereocenters. The van der Waals surface area contributed by atoms with Gasteiger partial charge in [0.15, 0.2) is 5.03 Å². The van der Waals surface area contributed by atoms with Crippen LogP contribution in [0.1, 0.15) is 13.3 Å². The van der Waals surface area contributed by atoms with Gasteiger partial charge in [-0.05, 0) is 13.3 Å². The highest BCUT2D eigenvalue weighted by atomic mass is 32.2. The summed E-state index contributed by atoms with van der Waals surface area (Å²) in [6.07, 6.45) is 2.95. The monoisotopic (exact) mass is 245 g/mol. The van der Waals surface area contributed by atoms with Crippen LogP contribution in [0.5, 0.6) is 0 Å². The van der Waals surface area contributed by atoms with Crippen molar-refractivity contribution in [3.63, 3.8) is 0 Å². The third kappa shape index (κ3) is 1.98. The Morgan fingerprint density at radius 3 is 2.88 bits per heavy atom. The van der Waals surface area contributed by atoms with E-state index in [0.717, 1.165) is 0 Å². The molecule has 0 spiro atoms. The standard InChI is InChI=1S/C9H15N3O3S/c1-2-11-6-9(10-7-11)16(14,15)12-4-3-8(13)5-12/h6-8,13H,2-5H2,1H3/t8-/m0/s1. The number of aliphatic hydroxyl groups excluding tert-OH is 1. The Morgan fingerprint density at radius 2 is 2.38 bits per heavy atom. The molecular formula is C9H15N3O3S. The number of aromatic nitrogens is 2. The number of β-amino-alcohol motifs (C(OH)–C–C–N with tert-alkyl or cyclic N) is 1. The van der Waals surface area contributed by atoms with Crippen LogP contribution < -0.4 is 0 Å². The molecule has 0 amide bonds. The molecule has 2 heterocycles. The first-order chi connectivity index (χ1) is 7.54. The van der Waals surface area contributed by atoms with Crippen molar-refractivity contribution in [2.75, 3.05) is 13.1 Å². The Hall–Kier alpha value is -0.920. The van der Waals surface area contributed by atoms with E-state index in [4.69, 9.17) is 0 Å². The van der Waals surface area contributed by atoms with Crippen LogP contribution >= 0.6 is 0 Å². The Kier molecular flexibility index (Phi) is 3.00. The summed E-state index contributed by atoms with van der Waals surface area (Å²) in [5, 5.41) is 9.39. The maximum Gasteiger partial charge on any atom is 0.262 e. The summed E-state index contributed by atoms with van der Waals surface area (Å²) in [5.74, 6) is 0. The number of imidazole rings is 1. The minimum Gasteiger partial charge on any atom is -0.392 e. The highest BCUT2D eigenvalue weighted by molar-refractivity contribution is 7.89. The first-order valence-corrected chi connectivity index (χ1v) is 6.68.